The number of thiophene rings is 1. The first-order valence-electron chi connectivity index (χ1n) is 8.48. The van der Waals surface area contributed by atoms with Gasteiger partial charge in [-0.3, -0.25) is 14.9 Å². The van der Waals surface area contributed by atoms with Crippen molar-refractivity contribution < 1.29 is 9.72 Å². The Kier molecular flexibility index (Phi) is 4.27. The maximum Gasteiger partial charge on any atom is 0.270 e. The lowest BCUT2D eigenvalue weighted by Crippen LogP contribution is -2.57. The maximum absolute atomic E-state index is 12.6. The van der Waals surface area contributed by atoms with Crippen LogP contribution in [0.4, 0.5) is 5.69 Å². The number of nitro groups is 1. The molecule has 0 aliphatic carbocycles. The molecule has 0 saturated carbocycles. The number of carbonyl (C=O) groups excluding carboxylic acids is 1. The lowest BCUT2D eigenvalue weighted by molar-refractivity contribution is -0.384. The summed E-state index contributed by atoms with van der Waals surface area (Å²) >= 11 is 1.37. The quantitative estimate of drug-likeness (QED) is 0.674. The van der Waals surface area contributed by atoms with E-state index in [9.17, 15) is 14.9 Å². The van der Waals surface area contributed by atoms with Gasteiger partial charge in [-0.1, -0.05) is 12.1 Å². The van der Waals surface area contributed by atoms with E-state index < -0.39 is 4.92 Å². The molecule has 130 valence electrons. The van der Waals surface area contributed by atoms with Crippen LogP contribution in [0, 0.1) is 16.0 Å². The fraction of sp³-hybridized carbons (Fsp3) is 0.389. The average molecular weight is 357 g/mol. The van der Waals surface area contributed by atoms with Crippen molar-refractivity contribution >= 4 is 22.9 Å². The summed E-state index contributed by atoms with van der Waals surface area (Å²) in [6, 6.07) is 10.4. The average Bonchev–Trinajstić information content (AvgIpc) is 3.13. The molecule has 5 rings (SSSR count). The zero-order chi connectivity index (χ0) is 17.4. The molecule has 0 radical (unpaired) electrons. The summed E-state index contributed by atoms with van der Waals surface area (Å²) in [5.74, 6) is 0.547. The van der Waals surface area contributed by atoms with Crippen molar-refractivity contribution in [2.24, 2.45) is 5.92 Å². The van der Waals surface area contributed by atoms with Crippen LogP contribution >= 0.6 is 11.3 Å². The Bertz CT molecular complexity index is 811. The summed E-state index contributed by atoms with van der Waals surface area (Å²) in [4.78, 5) is 27.0. The minimum Gasteiger partial charge on any atom is -0.347 e. The van der Waals surface area contributed by atoms with Gasteiger partial charge in [0, 0.05) is 29.6 Å². The minimum absolute atomic E-state index is 0.0413. The Morgan fingerprint density at radius 2 is 2.04 bits per heavy atom. The SMILES string of the molecule is O=C(NC1CN2CCC1CC2)c1ccc(-c2cccc([N+](=O)[O-])c2)s1. The van der Waals surface area contributed by atoms with E-state index in [1.807, 2.05) is 12.1 Å². The van der Waals surface area contributed by atoms with Crippen molar-refractivity contribution in [2.75, 3.05) is 19.6 Å². The lowest BCUT2D eigenvalue weighted by Gasteiger charge is -2.44. The van der Waals surface area contributed by atoms with Gasteiger partial charge in [0.05, 0.1) is 9.80 Å². The third-order valence-electron chi connectivity index (χ3n) is 5.14. The first-order valence-corrected chi connectivity index (χ1v) is 9.30. The Morgan fingerprint density at radius 1 is 1.24 bits per heavy atom. The van der Waals surface area contributed by atoms with Crippen molar-refractivity contribution in [3.05, 3.63) is 51.4 Å². The highest BCUT2D eigenvalue weighted by atomic mass is 32.1. The fourth-order valence-electron chi connectivity index (χ4n) is 3.76. The van der Waals surface area contributed by atoms with Crippen LogP contribution in [-0.4, -0.2) is 41.4 Å². The number of benzene rings is 1. The van der Waals surface area contributed by atoms with Crippen LogP contribution in [0.15, 0.2) is 36.4 Å². The van der Waals surface area contributed by atoms with E-state index in [-0.39, 0.29) is 17.6 Å². The molecule has 3 saturated heterocycles. The minimum atomic E-state index is -0.405. The molecule has 1 aromatic heterocycles. The summed E-state index contributed by atoms with van der Waals surface area (Å²) in [6.45, 7) is 3.24. The number of nitrogens with one attached hydrogen (secondary N) is 1. The van der Waals surface area contributed by atoms with Gasteiger partial charge in [0.15, 0.2) is 0 Å². The number of hydrogen-bond donors (Lipinski definition) is 1. The Hall–Kier alpha value is -2.25. The van der Waals surface area contributed by atoms with Gasteiger partial charge in [-0.15, -0.1) is 11.3 Å². The van der Waals surface area contributed by atoms with E-state index in [0.717, 1.165) is 42.9 Å². The molecule has 3 aliphatic rings. The zero-order valence-corrected chi connectivity index (χ0v) is 14.5. The monoisotopic (exact) mass is 357 g/mol. The largest absolute Gasteiger partial charge is 0.347 e. The van der Waals surface area contributed by atoms with Crippen LogP contribution in [0.1, 0.15) is 22.5 Å². The molecule has 7 heteroatoms. The highest BCUT2D eigenvalue weighted by molar-refractivity contribution is 7.17. The van der Waals surface area contributed by atoms with Crippen molar-refractivity contribution in [3.8, 4) is 10.4 Å². The number of piperidine rings is 3. The number of nitrogens with zero attached hydrogens (tertiary/aromatic N) is 2. The molecule has 25 heavy (non-hydrogen) atoms. The van der Waals surface area contributed by atoms with Crippen molar-refractivity contribution in [2.45, 2.75) is 18.9 Å². The Labute approximate surface area is 149 Å². The predicted octanol–water partition coefficient (Wildman–Crippen LogP) is 3.15. The summed E-state index contributed by atoms with van der Waals surface area (Å²) in [6.07, 6.45) is 2.32. The molecule has 1 atom stereocenters. The second kappa shape index (κ2) is 6.57. The predicted molar refractivity (Wildman–Crippen MR) is 96.8 cm³/mol. The number of fused-ring (bicyclic) bond motifs is 3. The van der Waals surface area contributed by atoms with Crippen molar-refractivity contribution in [1.82, 2.24) is 10.2 Å². The van der Waals surface area contributed by atoms with Gasteiger partial charge in [0.25, 0.3) is 11.6 Å². The highest BCUT2D eigenvalue weighted by Crippen LogP contribution is 2.31. The molecule has 2 bridgehead atoms. The number of hydrogen-bond acceptors (Lipinski definition) is 5. The van der Waals surface area contributed by atoms with Crippen molar-refractivity contribution in [3.63, 3.8) is 0 Å². The van der Waals surface area contributed by atoms with Crippen LogP contribution < -0.4 is 5.32 Å². The van der Waals surface area contributed by atoms with E-state index in [1.165, 1.54) is 17.4 Å². The molecule has 6 nitrogen and oxygen atoms in total. The molecule has 4 heterocycles. The molecule has 1 unspecified atom stereocenters. The standard InChI is InChI=1S/C18H19N3O3S/c22-18(19-15-11-20-8-6-12(15)7-9-20)17-5-4-16(25-17)13-2-1-3-14(10-13)21(23)24/h1-5,10,12,15H,6-9,11H2,(H,19,22). The van der Waals surface area contributed by atoms with Crippen LogP contribution in [-0.2, 0) is 0 Å². The van der Waals surface area contributed by atoms with Crippen LogP contribution in [0.2, 0.25) is 0 Å². The number of non-ortho nitro benzene ring substituents is 1. The molecular weight excluding hydrogens is 338 g/mol. The van der Waals surface area contributed by atoms with Crippen LogP contribution in [0.3, 0.4) is 0 Å². The molecule has 3 aliphatic heterocycles. The second-order valence-electron chi connectivity index (χ2n) is 6.69. The topological polar surface area (TPSA) is 75.5 Å². The molecule has 1 aromatic carbocycles. The van der Waals surface area contributed by atoms with E-state index in [0.29, 0.717) is 10.8 Å². The van der Waals surface area contributed by atoms with Gasteiger partial charge in [-0.25, -0.2) is 0 Å². The highest BCUT2D eigenvalue weighted by Gasteiger charge is 2.35. The van der Waals surface area contributed by atoms with E-state index >= 15 is 0 Å². The van der Waals surface area contributed by atoms with Gasteiger partial charge in [-0.05, 0) is 49.5 Å². The Balaban J connectivity index is 1.48. The van der Waals surface area contributed by atoms with Gasteiger partial charge < -0.3 is 10.2 Å². The normalized spacial score (nSPS) is 24.9. The molecule has 0 spiro atoms. The maximum atomic E-state index is 12.6. The summed E-state index contributed by atoms with van der Waals surface area (Å²) < 4.78 is 0. The first kappa shape index (κ1) is 16.2. The number of nitro benzene ring substituents is 1. The fourth-order valence-corrected chi connectivity index (χ4v) is 4.66. The third-order valence-corrected chi connectivity index (χ3v) is 6.28. The zero-order valence-electron chi connectivity index (χ0n) is 13.7. The van der Waals surface area contributed by atoms with Gasteiger partial charge >= 0.3 is 0 Å². The lowest BCUT2D eigenvalue weighted by atomic mass is 9.84. The summed E-state index contributed by atoms with van der Waals surface area (Å²) in [7, 11) is 0. The summed E-state index contributed by atoms with van der Waals surface area (Å²) in [5, 5.41) is 14.1. The van der Waals surface area contributed by atoms with Crippen LogP contribution in [0.25, 0.3) is 10.4 Å². The third kappa shape index (κ3) is 3.29. The second-order valence-corrected chi connectivity index (χ2v) is 7.77. The summed E-state index contributed by atoms with van der Waals surface area (Å²) in [5.41, 5.74) is 0.824. The molecule has 2 aromatic rings. The van der Waals surface area contributed by atoms with Gasteiger partial charge in [-0.2, -0.15) is 0 Å². The van der Waals surface area contributed by atoms with Crippen molar-refractivity contribution in [1.29, 1.82) is 0 Å². The van der Waals surface area contributed by atoms with E-state index in [2.05, 4.69) is 10.2 Å². The molecule has 1 amide bonds. The Morgan fingerprint density at radius 3 is 2.72 bits per heavy atom. The van der Waals surface area contributed by atoms with Gasteiger partial charge in [0.1, 0.15) is 0 Å². The number of rotatable bonds is 4. The first-order chi connectivity index (χ1) is 12.1. The molecular formula is C18H19N3O3S. The number of amides is 1. The number of carbonyl (C=O) groups is 1. The molecule has 1 N–H and O–H groups in total. The van der Waals surface area contributed by atoms with E-state index in [4.69, 9.17) is 0 Å². The van der Waals surface area contributed by atoms with E-state index in [1.54, 1.807) is 18.2 Å². The van der Waals surface area contributed by atoms with Crippen LogP contribution in [0.5, 0.6) is 0 Å². The van der Waals surface area contributed by atoms with Gasteiger partial charge in [0.2, 0.25) is 0 Å². The molecule has 3 fully saturated rings. The smallest absolute Gasteiger partial charge is 0.270 e.